The van der Waals surface area contributed by atoms with Gasteiger partial charge in [0, 0.05) is 18.4 Å². The number of nitrogens with zero attached hydrogens (tertiary/aromatic N) is 2. The molecule has 0 fully saturated rings. The van der Waals surface area contributed by atoms with Crippen molar-refractivity contribution in [3.63, 3.8) is 0 Å². The number of anilines is 1. The molecule has 1 atom stereocenters. The lowest BCUT2D eigenvalue weighted by Crippen LogP contribution is -2.02. The number of nitrogens with one attached hydrogen (secondary N) is 1. The van der Waals surface area contributed by atoms with Crippen molar-refractivity contribution >= 4 is 23.3 Å². The SMILES string of the molecule is CCNc1cc([N+](=O)[O-])cc(SCC(C)CC)n1. The maximum absolute atomic E-state index is 10.8. The highest BCUT2D eigenvalue weighted by Crippen LogP contribution is 2.26. The first-order chi connectivity index (χ1) is 8.56. The van der Waals surface area contributed by atoms with E-state index in [4.69, 9.17) is 0 Å². The lowest BCUT2D eigenvalue weighted by atomic mass is 10.2. The maximum Gasteiger partial charge on any atom is 0.275 e. The number of aromatic nitrogens is 1. The van der Waals surface area contributed by atoms with Gasteiger partial charge in [-0.3, -0.25) is 10.1 Å². The van der Waals surface area contributed by atoms with Gasteiger partial charge in [0.15, 0.2) is 0 Å². The van der Waals surface area contributed by atoms with Gasteiger partial charge in [0.2, 0.25) is 0 Å². The van der Waals surface area contributed by atoms with Crippen LogP contribution in [0.5, 0.6) is 0 Å². The van der Waals surface area contributed by atoms with Crippen LogP contribution in [0.4, 0.5) is 11.5 Å². The van der Waals surface area contributed by atoms with E-state index in [-0.39, 0.29) is 10.6 Å². The van der Waals surface area contributed by atoms with Crippen LogP contribution in [0.25, 0.3) is 0 Å². The van der Waals surface area contributed by atoms with E-state index < -0.39 is 0 Å². The molecule has 1 N–H and O–H groups in total. The Morgan fingerprint density at radius 1 is 1.50 bits per heavy atom. The van der Waals surface area contributed by atoms with Gasteiger partial charge in [-0.15, -0.1) is 11.8 Å². The van der Waals surface area contributed by atoms with Crippen molar-refractivity contribution in [3.05, 3.63) is 22.2 Å². The molecule has 1 rings (SSSR count). The van der Waals surface area contributed by atoms with Crippen LogP contribution in [0, 0.1) is 16.0 Å². The topological polar surface area (TPSA) is 68.1 Å². The molecule has 6 heteroatoms. The molecule has 0 aliphatic heterocycles. The zero-order valence-corrected chi connectivity index (χ0v) is 11.8. The number of thioether (sulfide) groups is 1. The summed E-state index contributed by atoms with van der Waals surface area (Å²) < 4.78 is 0. The molecule has 0 spiro atoms. The molecular formula is C12H19N3O2S. The van der Waals surface area contributed by atoms with Gasteiger partial charge in [-0.05, 0) is 12.8 Å². The van der Waals surface area contributed by atoms with Gasteiger partial charge in [0.05, 0.1) is 11.0 Å². The number of hydrogen-bond donors (Lipinski definition) is 1. The second kappa shape index (κ2) is 7.20. The third-order valence-electron chi connectivity index (χ3n) is 2.57. The van der Waals surface area contributed by atoms with E-state index in [1.165, 1.54) is 12.1 Å². The Bertz CT molecular complexity index is 412. The zero-order chi connectivity index (χ0) is 13.5. The summed E-state index contributed by atoms with van der Waals surface area (Å²) in [6.45, 7) is 6.93. The molecule has 5 nitrogen and oxygen atoms in total. The van der Waals surface area contributed by atoms with E-state index in [9.17, 15) is 10.1 Å². The maximum atomic E-state index is 10.8. The van der Waals surface area contributed by atoms with E-state index >= 15 is 0 Å². The summed E-state index contributed by atoms with van der Waals surface area (Å²) in [5, 5.41) is 14.6. The first kappa shape index (κ1) is 14.8. The average molecular weight is 269 g/mol. The monoisotopic (exact) mass is 269 g/mol. The molecule has 0 aliphatic carbocycles. The predicted octanol–water partition coefficient (Wildman–Crippen LogP) is 3.56. The highest BCUT2D eigenvalue weighted by Gasteiger charge is 2.12. The molecule has 1 aromatic rings. The minimum atomic E-state index is -0.379. The van der Waals surface area contributed by atoms with Crippen LogP contribution in [-0.2, 0) is 0 Å². The van der Waals surface area contributed by atoms with E-state index in [0.29, 0.717) is 23.3 Å². The number of rotatable bonds is 7. The smallest absolute Gasteiger partial charge is 0.275 e. The third-order valence-corrected chi connectivity index (χ3v) is 3.81. The molecule has 0 radical (unpaired) electrons. The van der Waals surface area contributed by atoms with E-state index in [0.717, 1.165) is 12.2 Å². The van der Waals surface area contributed by atoms with Gasteiger partial charge in [-0.2, -0.15) is 0 Å². The summed E-state index contributed by atoms with van der Waals surface area (Å²) in [7, 11) is 0. The summed E-state index contributed by atoms with van der Waals surface area (Å²) in [4.78, 5) is 14.8. The van der Waals surface area contributed by atoms with Gasteiger partial charge in [-0.25, -0.2) is 4.98 Å². The largest absolute Gasteiger partial charge is 0.370 e. The molecule has 0 saturated heterocycles. The van der Waals surface area contributed by atoms with E-state index in [1.54, 1.807) is 11.8 Å². The van der Waals surface area contributed by atoms with E-state index in [2.05, 4.69) is 24.1 Å². The van der Waals surface area contributed by atoms with Crippen molar-refractivity contribution in [1.82, 2.24) is 4.98 Å². The highest BCUT2D eigenvalue weighted by atomic mass is 32.2. The van der Waals surface area contributed by atoms with Crippen molar-refractivity contribution in [2.75, 3.05) is 17.6 Å². The summed E-state index contributed by atoms with van der Waals surface area (Å²) in [6, 6.07) is 3.00. The zero-order valence-electron chi connectivity index (χ0n) is 11.0. The van der Waals surface area contributed by atoms with Gasteiger partial charge in [0.1, 0.15) is 10.8 Å². The molecule has 0 amide bonds. The molecule has 1 heterocycles. The number of hydrogen-bond acceptors (Lipinski definition) is 5. The molecule has 0 aliphatic rings. The molecular weight excluding hydrogens is 250 g/mol. The first-order valence-corrected chi connectivity index (χ1v) is 7.08. The fourth-order valence-electron chi connectivity index (χ4n) is 1.29. The van der Waals surface area contributed by atoms with Crippen molar-refractivity contribution in [2.45, 2.75) is 32.2 Å². The normalized spacial score (nSPS) is 12.2. The Morgan fingerprint density at radius 2 is 2.22 bits per heavy atom. The second-order valence-electron chi connectivity index (χ2n) is 4.16. The van der Waals surface area contributed by atoms with Crippen molar-refractivity contribution < 1.29 is 4.92 Å². The van der Waals surface area contributed by atoms with Crippen LogP contribution < -0.4 is 5.32 Å². The fourth-order valence-corrected chi connectivity index (χ4v) is 2.35. The molecule has 0 saturated carbocycles. The van der Waals surface area contributed by atoms with Crippen molar-refractivity contribution in [1.29, 1.82) is 0 Å². The Balaban J connectivity index is 2.85. The van der Waals surface area contributed by atoms with Crippen LogP contribution in [0.2, 0.25) is 0 Å². The Hall–Kier alpha value is -1.30. The average Bonchev–Trinajstić information content (AvgIpc) is 2.36. The first-order valence-electron chi connectivity index (χ1n) is 6.10. The van der Waals surface area contributed by atoms with Crippen molar-refractivity contribution in [2.24, 2.45) is 5.92 Å². The summed E-state index contributed by atoms with van der Waals surface area (Å²) in [6.07, 6.45) is 1.10. The molecule has 0 bridgehead atoms. The Morgan fingerprint density at radius 3 is 2.78 bits per heavy atom. The van der Waals surface area contributed by atoms with E-state index in [1.807, 2.05) is 6.92 Å². The molecule has 100 valence electrons. The standard InChI is InChI=1S/C12H19N3O2S/c1-4-9(3)8-18-12-7-10(15(16)17)6-11(14-12)13-5-2/h6-7,9H,4-5,8H2,1-3H3,(H,13,14). The van der Waals surface area contributed by atoms with Gasteiger partial charge >= 0.3 is 0 Å². The summed E-state index contributed by atoms with van der Waals surface area (Å²) in [5.74, 6) is 2.08. The van der Waals surface area contributed by atoms with Crippen LogP contribution in [-0.4, -0.2) is 22.2 Å². The Kier molecular flexibility index (Phi) is 5.91. The quantitative estimate of drug-likeness (QED) is 0.465. The lowest BCUT2D eigenvalue weighted by molar-refractivity contribution is -0.385. The van der Waals surface area contributed by atoms with Crippen LogP contribution in [0.1, 0.15) is 27.2 Å². The molecule has 0 aromatic carbocycles. The summed E-state index contributed by atoms with van der Waals surface area (Å²) >= 11 is 1.57. The van der Waals surface area contributed by atoms with Crippen LogP contribution >= 0.6 is 11.8 Å². The number of pyridine rings is 1. The van der Waals surface area contributed by atoms with Gasteiger partial charge < -0.3 is 5.32 Å². The highest BCUT2D eigenvalue weighted by molar-refractivity contribution is 7.99. The predicted molar refractivity (Wildman–Crippen MR) is 75.2 cm³/mol. The fraction of sp³-hybridized carbons (Fsp3) is 0.583. The summed E-state index contributed by atoms with van der Waals surface area (Å²) in [5.41, 5.74) is 0.0904. The molecule has 1 aromatic heterocycles. The van der Waals surface area contributed by atoms with Crippen molar-refractivity contribution in [3.8, 4) is 0 Å². The third kappa shape index (κ3) is 4.52. The minimum absolute atomic E-state index is 0.0904. The van der Waals surface area contributed by atoms with Crippen LogP contribution in [0.3, 0.4) is 0 Å². The lowest BCUT2D eigenvalue weighted by Gasteiger charge is -2.08. The second-order valence-corrected chi connectivity index (χ2v) is 5.20. The molecule has 1 unspecified atom stereocenters. The Labute approximate surface area is 112 Å². The number of nitro groups is 1. The van der Waals surface area contributed by atoms with Crippen LogP contribution in [0.15, 0.2) is 17.2 Å². The van der Waals surface area contributed by atoms with Gasteiger partial charge in [-0.1, -0.05) is 20.3 Å². The molecule has 18 heavy (non-hydrogen) atoms. The van der Waals surface area contributed by atoms with Gasteiger partial charge in [0.25, 0.3) is 5.69 Å². The minimum Gasteiger partial charge on any atom is -0.370 e.